The van der Waals surface area contributed by atoms with Crippen molar-refractivity contribution in [1.82, 2.24) is 9.55 Å². The molecule has 2 rings (SSSR count). The molecule has 0 N–H and O–H groups in total. The number of fused-ring (bicyclic) bond motifs is 1. The van der Waals surface area contributed by atoms with Gasteiger partial charge in [0.05, 0.1) is 29.6 Å². The Bertz CT molecular complexity index is 536. The quantitative estimate of drug-likeness (QED) is 0.775. The van der Waals surface area contributed by atoms with Crippen LogP contribution in [0.15, 0.2) is 18.2 Å². The van der Waals surface area contributed by atoms with Crippen LogP contribution in [0.4, 0.5) is 0 Å². The first kappa shape index (κ1) is 13.4. The van der Waals surface area contributed by atoms with E-state index in [0.29, 0.717) is 5.88 Å². The van der Waals surface area contributed by atoms with Crippen LogP contribution in [0.5, 0.6) is 0 Å². The number of nitrogens with zero attached hydrogens (tertiary/aromatic N) is 2. The van der Waals surface area contributed by atoms with E-state index in [9.17, 15) is 0 Å². The largest absolute Gasteiger partial charge is 0.377 e. The lowest BCUT2D eigenvalue weighted by atomic mass is 10.2. The molecule has 0 amide bonds. The van der Waals surface area contributed by atoms with Crippen LogP contribution in [0.25, 0.3) is 11.0 Å². The highest BCUT2D eigenvalue weighted by Gasteiger charge is 2.13. The van der Waals surface area contributed by atoms with Gasteiger partial charge in [0, 0.05) is 6.61 Å². The molecule has 98 valence electrons. The van der Waals surface area contributed by atoms with Crippen molar-refractivity contribution in [3.8, 4) is 0 Å². The highest BCUT2D eigenvalue weighted by Crippen LogP contribution is 2.21. The number of imidazole rings is 1. The Hall–Kier alpha value is -1.06. The highest BCUT2D eigenvalue weighted by molar-refractivity contribution is 6.16. The minimum atomic E-state index is 0.162. The van der Waals surface area contributed by atoms with Crippen molar-refractivity contribution in [3.63, 3.8) is 0 Å². The van der Waals surface area contributed by atoms with Gasteiger partial charge in [-0.25, -0.2) is 4.98 Å². The maximum absolute atomic E-state index is 5.99. The summed E-state index contributed by atoms with van der Waals surface area (Å²) in [5.74, 6) is 1.33. The van der Waals surface area contributed by atoms with Crippen molar-refractivity contribution < 1.29 is 4.74 Å². The number of halogens is 1. The molecule has 0 bridgehead atoms. The summed E-state index contributed by atoms with van der Waals surface area (Å²) in [4.78, 5) is 4.62. The first-order valence-corrected chi connectivity index (χ1v) is 6.83. The van der Waals surface area contributed by atoms with E-state index in [-0.39, 0.29) is 6.10 Å². The summed E-state index contributed by atoms with van der Waals surface area (Å²) < 4.78 is 7.76. The zero-order chi connectivity index (χ0) is 13.1. The van der Waals surface area contributed by atoms with Crippen LogP contribution < -0.4 is 0 Å². The van der Waals surface area contributed by atoms with Crippen LogP contribution in [-0.4, -0.2) is 22.3 Å². The minimum absolute atomic E-state index is 0.162. The normalized spacial score (nSPS) is 13.1. The van der Waals surface area contributed by atoms with Crippen LogP contribution in [0.2, 0.25) is 0 Å². The van der Waals surface area contributed by atoms with E-state index in [0.717, 1.165) is 30.0 Å². The predicted octanol–water partition coefficient (Wildman–Crippen LogP) is 3.51. The lowest BCUT2D eigenvalue weighted by Crippen LogP contribution is -2.17. The van der Waals surface area contributed by atoms with E-state index in [4.69, 9.17) is 16.3 Å². The van der Waals surface area contributed by atoms with Crippen LogP contribution in [0.3, 0.4) is 0 Å². The van der Waals surface area contributed by atoms with Gasteiger partial charge in [0.2, 0.25) is 0 Å². The monoisotopic (exact) mass is 266 g/mol. The number of ether oxygens (including phenoxy) is 1. The second-order valence-corrected chi connectivity index (χ2v) is 4.75. The zero-order valence-electron chi connectivity index (χ0n) is 11.1. The van der Waals surface area contributed by atoms with Gasteiger partial charge in [-0.05, 0) is 32.4 Å². The summed E-state index contributed by atoms with van der Waals surface area (Å²) in [6.45, 7) is 7.67. The fraction of sp³-hybridized carbons (Fsp3) is 0.500. The SMILES string of the molecule is CCOC(C)Cn1c(CCl)nc2c(C)cccc21. The molecule has 2 aromatic rings. The van der Waals surface area contributed by atoms with Crippen molar-refractivity contribution in [2.75, 3.05) is 6.61 Å². The van der Waals surface area contributed by atoms with Gasteiger partial charge in [-0.3, -0.25) is 0 Å². The van der Waals surface area contributed by atoms with Gasteiger partial charge in [-0.2, -0.15) is 0 Å². The Balaban J connectivity index is 2.44. The Morgan fingerprint density at radius 3 is 2.89 bits per heavy atom. The third-order valence-corrected chi connectivity index (χ3v) is 3.31. The molecule has 1 atom stereocenters. The zero-order valence-corrected chi connectivity index (χ0v) is 11.9. The van der Waals surface area contributed by atoms with Crippen molar-refractivity contribution in [3.05, 3.63) is 29.6 Å². The van der Waals surface area contributed by atoms with E-state index in [2.05, 4.69) is 41.6 Å². The molecule has 1 aromatic carbocycles. The Labute approximate surface area is 113 Å². The van der Waals surface area contributed by atoms with Gasteiger partial charge < -0.3 is 9.30 Å². The Morgan fingerprint density at radius 2 is 2.22 bits per heavy atom. The predicted molar refractivity (Wildman–Crippen MR) is 75.1 cm³/mol. The van der Waals surface area contributed by atoms with E-state index in [1.807, 2.05) is 6.92 Å². The maximum atomic E-state index is 5.99. The van der Waals surface area contributed by atoms with Gasteiger partial charge >= 0.3 is 0 Å². The molecule has 4 heteroatoms. The minimum Gasteiger partial charge on any atom is -0.377 e. The molecule has 0 aliphatic rings. The molecule has 1 aromatic heterocycles. The molecule has 18 heavy (non-hydrogen) atoms. The highest BCUT2D eigenvalue weighted by atomic mass is 35.5. The standard InChI is InChI=1S/C14H19ClN2O/c1-4-18-11(3)9-17-12-7-5-6-10(2)14(12)16-13(17)8-15/h5-7,11H,4,8-9H2,1-3H3. The number of aryl methyl sites for hydroxylation is 1. The molecule has 0 aliphatic heterocycles. The summed E-state index contributed by atoms with van der Waals surface area (Å²) in [6, 6.07) is 6.22. The molecule has 3 nitrogen and oxygen atoms in total. The smallest absolute Gasteiger partial charge is 0.124 e. The van der Waals surface area contributed by atoms with E-state index < -0.39 is 0 Å². The van der Waals surface area contributed by atoms with E-state index >= 15 is 0 Å². The summed E-state index contributed by atoms with van der Waals surface area (Å²) >= 11 is 5.99. The Kier molecular flexibility index (Phi) is 4.25. The van der Waals surface area contributed by atoms with Gasteiger partial charge in [0.25, 0.3) is 0 Å². The molecule has 0 aliphatic carbocycles. The molecular weight excluding hydrogens is 248 g/mol. The fourth-order valence-electron chi connectivity index (χ4n) is 2.24. The number of para-hydroxylation sites is 1. The summed E-state index contributed by atoms with van der Waals surface area (Å²) in [5, 5.41) is 0. The molecular formula is C14H19ClN2O. The lowest BCUT2D eigenvalue weighted by Gasteiger charge is -2.14. The van der Waals surface area contributed by atoms with Crippen molar-refractivity contribution in [2.45, 2.75) is 39.3 Å². The van der Waals surface area contributed by atoms with Crippen molar-refractivity contribution in [2.24, 2.45) is 0 Å². The second kappa shape index (κ2) is 5.72. The van der Waals surface area contributed by atoms with Gasteiger partial charge in [0.1, 0.15) is 5.82 Å². The first-order valence-electron chi connectivity index (χ1n) is 6.29. The van der Waals surface area contributed by atoms with Crippen LogP contribution in [0, 0.1) is 6.92 Å². The van der Waals surface area contributed by atoms with E-state index in [1.54, 1.807) is 0 Å². The second-order valence-electron chi connectivity index (χ2n) is 4.48. The number of hydrogen-bond acceptors (Lipinski definition) is 2. The number of aromatic nitrogens is 2. The number of hydrogen-bond donors (Lipinski definition) is 0. The average molecular weight is 267 g/mol. The molecule has 0 fully saturated rings. The topological polar surface area (TPSA) is 27.1 Å². The first-order chi connectivity index (χ1) is 8.67. The Morgan fingerprint density at radius 1 is 1.44 bits per heavy atom. The molecule has 0 saturated heterocycles. The van der Waals surface area contributed by atoms with Crippen molar-refractivity contribution >= 4 is 22.6 Å². The molecule has 0 radical (unpaired) electrons. The third-order valence-electron chi connectivity index (χ3n) is 3.07. The maximum Gasteiger partial charge on any atom is 0.124 e. The van der Waals surface area contributed by atoms with E-state index in [1.165, 1.54) is 5.56 Å². The molecule has 1 heterocycles. The molecule has 0 saturated carbocycles. The number of rotatable bonds is 5. The van der Waals surface area contributed by atoms with Crippen LogP contribution >= 0.6 is 11.6 Å². The van der Waals surface area contributed by atoms with Gasteiger partial charge in [-0.1, -0.05) is 12.1 Å². The molecule has 0 spiro atoms. The summed E-state index contributed by atoms with van der Waals surface area (Å²) in [6.07, 6.45) is 0.162. The van der Waals surface area contributed by atoms with Crippen LogP contribution in [-0.2, 0) is 17.2 Å². The third kappa shape index (κ3) is 2.52. The van der Waals surface area contributed by atoms with Crippen molar-refractivity contribution in [1.29, 1.82) is 0 Å². The lowest BCUT2D eigenvalue weighted by molar-refractivity contribution is 0.0643. The van der Waals surface area contributed by atoms with Gasteiger partial charge in [-0.15, -0.1) is 11.6 Å². The summed E-state index contributed by atoms with van der Waals surface area (Å²) in [5.41, 5.74) is 3.36. The van der Waals surface area contributed by atoms with Gasteiger partial charge in [0.15, 0.2) is 0 Å². The van der Waals surface area contributed by atoms with Crippen LogP contribution in [0.1, 0.15) is 25.2 Å². The number of benzene rings is 1. The average Bonchev–Trinajstić information content (AvgIpc) is 2.69. The molecule has 1 unspecified atom stereocenters. The summed E-state index contributed by atoms with van der Waals surface area (Å²) in [7, 11) is 0. The fourth-order valence-corrected chi connectivity index (χ4v) is 2.44. The number of alkyl halides is 1.